The normalized spacial score (nSPS) is 21.7. The van der Waals surface area contributed by atoms with Crippen LogP contribution in [-0.2, 0) is 11.3 Å². The van der Waals surface area contributed by atoms with E-state index in [0.29, 0.717) is 47.6 Å². The summed E-state index contributed by atoms with van der Waals surface area (Å²) >= 11 is 6.00. The Morgan fingerprint density at radius 2 is 2.12 bits per heavy atom. The lowest BCUT2D eigenvalue weighted by Gasteiger charge is -2.41. The van der Waals surface area contributed by atoms with Crippen LogP contribution in [0.1, 0.15) is 33.0 Å². The molecule has 0 radical (unpaired) electrons. The van der Waals surface area contributed by atoms with Crippen LogP contribution in [0.3, 0.4) is 0 Å². The molecular formula is C19H24ClN3O3. The van der Waals surface area contributed by atoms with Crippen LogP contribution < -0.4 is 0 Å². The van der Waals surface area contributed by atoms with Crippen LogP contribution in [0.15, 0.2) is 28.9 Å². The van der Waals surface area contributed by atoms with Crippen LogP contribution in [0.4, 0.5) is 0 Å². The van der Waals surface area contributed by atoms with Crippen molar-refractivity contribution in [2.24, 2.45) is 17.3 Å². The fourth-order valence-corrected chi connectivity index (χ4v) is 3.56. The van der Waals surface area contributed by atoms with E-state index in [-0.39, 0.29) is 11.3 Å². The maximum Gasteiger partial charge on any atom is 0.307 e. The molecule has 0 aromatic carbocycles. The largest absolute Gasteiger partial charge is 0.481 e. The molecule has 1 aliphatic rings. The third-order valence-electron chi connectivity index (χ3n) is 5.02. The Bertz CT molecular complexity index is 784. The highest BCUT2D eigenvalue weighted by Gasteiger charge is 2.37. The second-order valence-corrected chi connectivity index (χ2v) is 8.50. The van der Waals surface area contributed by atoms with E-state index in [1.54, 1.807) is 18.3 Å². The molecule has 140 valence electrons. The van der Waals surface area contributed by atoms with Gasteiger partial charge in [0.2, 0.25) is 0 Å². The van der Waals surface area contributed by atoms with Gasteiger partial charge < -0.3 is 9.63 Å². The van der Waals surface area contributed by atoms with Crippen molar-refractivity contribution in [1.82, 2.24) is 15.0 Å². The molecule has 3 heterocycles. The van der Waals surface area contributed by atoms with Gasteiger partial charge in [0.05, 0.1) is 18.2 Å². The van der Waals surface area contributed by atoms with Gasteiger partial charge in [0.25, 0.3) is 0 Å². The van der Waals surface area contributed by atoms with Crippen molar-refractivity contribution in [2.45, 2.75) is 33.7 Å². The lowest BCUT2D eigenvalue weighted by atomic mass is 9.73. The van der Waals surface area contributed by atoms with Gasteiger partial charge in [-0.15, -0.1) is 0 Å². The Morgan fingerprint density at radius 3 is 2.77 bits per heavy atom. The molecule has 2 atom stereocenters. The molecule has 0 spiro atoms. The molecule has 1 N–H and O–H groups in total. The number of carboxylic acid groups (broad SMARTS) is 1. The van der Waals surface area contributed by atoms with Crippen LogP contribution in [0.25, 0.3) is 11.4 Å². The summed E-state index contributed by atoms with van der Waals surface area (Å²) in [6.45, 7) is 8.39. The SMILES string of the molecule is CC(C)(C)C1CC(C(=O)O)CN(Cc2cc(-c3cc(Cl)ccn3)no2)C1. The molecule has 1 aliphatic heterocycles. The van der Waals surface area contributed by atoms with Gasteiger partial charge in [-0.1, -0.05) is 37.5 Å². The number of halogens is 1. The zero-order chi connectivity index (χ0) is 18.9. The molecule has 0 aliphatic carbocycles. The van der Waals surface area contributed by atoms with Crippen LogP contribution in [0.2, 0.25) is 5.02 Å². The quantitative estimate of drug-likeness (QED) is 0.868. The molecule has 3 rings (SSSR count). The Labute approximate surface area is 158 Å². The molecule has 1 fully saturated rings. The van der Waals surface area contributed by atoms with Gasteiger partial charge >= 0.3 is 5.97 Å². The van der Waals surface area contributed by atoms with E-state index in [9.17, 15) is 9.90 Å². The highest BCUT2D eigenvalue weighted by molar-refractivity contribution is 6.30. The number of pyridine rings is 1. The lowest BCUT2D eigenvalue weighted by Crippen LogP contribution is -2.46. The monoisotopic (exact) mass is 377 g/mol. The minimum atomic E-state index is -0.731. The summed E-state index contributed by atoms with van der Waals surface area (Å²) < 4.78 is 5.46. The molecule has 2 unspecified atom stereocenters. The molecule has 0 saturated carbocycles. The Hall–Kier alpha value is -1.92. The number of hydrogen-bond acceptors (Lipinski definition) is 5. The van der Waals surface area contributed by atoms with Gasteiger partial charge in [0.1, 0.15) is 5.69 Å². The fraction of sp³-hybridized carbons (Fsp3) is 0.526. The smallest absolute Gasteiger partial charge is 0.307 e. The zero-order valence-corrected chi connectivity index (χ0v) is 16.0. The number of carboxylic acids is 1. The first-order valence-corrected chi connectivity index (χ1v) is 9.13. The van der Waals surface area contributed by atoms with Gasteiger partial charge in [-0.05, 0) is 29.9 Å². The van der Waals surface area contributed by atoms with Crippen molar-refractivity contribution >= 4 is 17.6 Å². The van der Waals surface area contributed by atoms with Gasteiger partial charge in [0, 0.05) is 30.4 Å². The number of aromatic nitrogens is 2. The van der Waals surface area contributed by atoms with E-state index >= 15 is 0 Å². The summed E-state index contributed by atoms with van der Waals surface area (Å²) in [5, 5.41) is 14.2. The van der Waals surface area contributed by atoms with Crippen molar-refractivity contribution in [3.05, 3.63) is 35.2 Å². The van der Waals surface area contributed by atoms with Crippen LogP contribution in [0.5, 0.6) is 0 Å². The maximum absolute atomic E-state index is 11.6. The molecule has 2 aromatic rings. The first-order chi connectivity index (χ1) is 12.2. The lowest BCUT2D eigenvalue weighted by molar-refractivity contribution is -0.145. The van der Waals surface area contributed by atoms with Gasteiger partial charge in [-0.25, -0.2) is 0 Å². The average molecular weight is 378 g/mol. The second kappa shape index (κ2) is 7.37. The maximum atomic E-state index is 11.6. The summed E-state index contributed by atoms with van der Waals surface area (Å²) in [4.78, 5) is 18.0. The topological polar surface area (TPSA) is 79.5 Å². The molecule has 26 heavy (non-hydrogen) atoms. The van der Waals surface area contributed by atoms with Crippen LogP contribution in [0, 0.1) is 17.3 Å². The first-order valence-electron chi connectivity index (χ1n) is 8.75. The molecule has 7 heteroatoms. The van der Waals surface area contributed by atoms with E-state index in [1.165, 1.54) is 0 Å². The van der Waals surface area contributed by atoms with Crippen molar-refractivity contribution in [3.63, 3.8) is 0 Å². The predicted octanol–water partition coefficient (Wildman–Crippen LogP) is 3.96. The molecule has 1 saturated heterocycles. The van der Waals surface area contributed by atoms with Crippen molar-refractivity contribution in [3.8, 4) is 11.4 Å². The summed E-state index contributed by atoms with van der Waals surface area (Å²) in [5.74, 6) is -0.0786. The minimum Gasteiger partial charge on any atom is -0.481 e. The Balaban J connectivity index is 1.74. The summed E-state index contributed by atoms with van der Waals surface area (Å²) in [6.07, 6.45) is 2.34. The van der Waals surface area contributed by atoms with Crippen molar-refractivity contribution in [1.29, 1.82) is 0 Å². The van der Waals surface area contributed by atoms with Crippen molar-refractivity contribution < 1.29 is 14.4 Å². The summed E-state index contributed by atoms with van der Waals surface area (Å²) in [6, 6.07) is 5.29. The number of piperidine rings is 1. The fourth-order valence-electron chi connectivity index (χ4n) is 3.40. The molecule has 2 aromatic heterocycles. The number of nitrogens with zero attached hydrogens (tertiary/aromatic N) is 3. The number of carbonyl (C=O) groups is 1. The number of rotatable bonds is 4. The van der Waals surface area contributed by atoms with E-state index in [1.807, 2.05) is 6.07 Å². The molecule has 0 bridgehead atoms. The molecular weight excluding hydrogens is 354 g/mol. The number of aliphatic carboxylic acids is 1. The van der Waals surface area contributed by atoms with E-state index in [4.69, 9.17) is 16.1 Å². The van der Waals surface area contributed by atoms with Gasteiger partial charge in [-0.2, -0.15) is 0 Å². The Morgan fingerprint density at radius 1 is 1.35 bits per heavy atom. The van der Waals surface area contributed by atoms with E-state index in [2.05, 4.69) is 35.8 Å². The third kappa shape index (κ3) is 4.43. The third-order valence-corrected chi connectivity index (χ3v) is 5.26. The van der Waals surface area contributed by atoms with E-state index < -0.39 is 5.97 Å². The minimum absolute atomic E-state index is 0.0592. The average Bonchev–Trinajstić information content (AvgIpc) is 3.02. The molecule has 0 amide bonds. The Kier molecular flexibility index (Phi) is 5.34. The first kappa shape index (κ1) is 18.9. The number of hydrogen-bond donors (Lipinski definition) is 1. The standard InChI is InChI=1S/C19H24ClN3O3/c1-19(2,3)13-6-12(18(24)25)9-23(10-13)11-15-8-17(22-26-15)16-7-14(20)4-5-21-16/h4-5,7-8,12-13H,6,9-11H2,1-3H3,(H,24,25). The second-order valence-electron chi connectivity index (χ2n) is 8.07. The van der Waals surface area contributed by atoms with E-state index in [0.717, 1.165) is 6.54 Å². The highest BCUT2D eigenvalue weighted by atomic mass is 35.5. The van der Waals surface area contributed by atoms with Gasteiger partial charge in [-0.3, -0.25) is 14.7 Å². The summed E-state index contributed by atoms with van der Waals surface area (Å²) in [7, 11) is 0. The highest BCUT2D eigenvalue weighted by Crippen LogP contribution is 2.36. The number of likely N-dealkylation sites (tertiary alicyclic amines) is 1. The van der Waals surface area contributed by atoms with Crippen LogP contribution in [-0.4, -0.2) is 39.2 Å². The molecule has 6 nitrogen and oxygen atoms in total. The van der Waals surface area contributed by atoms with Crippen LogP contribution >= 0.6 is 11.6 Å². The summed E-state index contributed by atoms with van der Waals surface area (Å²) in [5.41, 5.74) is 1.34. The zero-order valence-electron chi connectivity index (χ0n) is 15.3. The predicted molar refractivity (Wildman–Crippen MR) is 98.7 cm³/mol. The van der Waals surface area contributed by atoms with Crippen molar-refractivity contribution in [2.75, 3.05) is 13.1 Å². The van der Waals surface area contributed by atoms with Gasteiger partial charge in [0.15, 0.2) is 5.76 Å².